The second kappa shape index (κ2) is 32.6. The smallest absolute Gasteiger partial charge is 0.0606 e. The maximum atomic E-state index is 9.16. The standard InChI is InChI=1S/C21H32N4O2.C17H22ClN3.C17H20ClNO2/c22-9-11-24(12-10-23)20-5-1-18(2-6-20)17-19-3-7-21(8-4-19)25(13-15-26)14-16-27;18-16-5-1-14(2-6-16)13-15-3-7-17(8-4-15)21(11-9-19)12-10-20;18-16-5-1-14(2-6-16)13-15-3-7-17(8-4-15)19(9-11-20)10-12-21/h1-8,26-27H,9-17,22-23H2;1-8H,9-13,19-20H2;1-8,20-21H,9-13H2. The van der Waals surface area contributed by atoms with Gasteiger partial charge in [-0.05, 0) is 125 Å². The van der Waals surface area contributed by atoms with Gasteiger partial charge in [-0.2, -0.15) is 0 Å². The zero-order valence-electron chi connectivity index (χ0n) is 39.9. The number of aliphatic hydroxyl groups is 4. The van der Waals surface area contributed by atoms with Gasteiger partial charge in [0.2, 0.25) is 0 Å². The largest absolute Gasteiger partial charge is 0.395 e. The highest BCUT2D eigenvalue weighted by molar-refractivity contribution is 6.30. The summed E-state index contributed by atoms with van der Waals surface area (Å²) in [6.45, 7) is 8.11. The predicted octanol–water partition coefficient (Wildman–Crippen LogP) is 6.17. The van der Waals surface area contributed by atoms with E-state index in [1.54, 1.807) is 0 Å². The second-order valence-electron chi connectivity index (χ2n) is 16.4. The Hall–Kier alpha value is -5.22. The van der Waals surface area contributed by atoms with E-state index in [-0.39, 0.29) is 26.4 Å². The van der Waals surface area contributed by atoms with Crippen LogP contribution in [-0.2, 0) is 19.3 Å². The van der Waals surface area contributed by atoms with E-state index in [9.17, 15) is 0 Å². The van der Waals surface area contributed by atoms with E-state index in [1.807, 2.05) is 70.5 Å². The molecule has 0 aliphatic rings. The molecule has 0 bridgehead atoms. The third-order valence-electron chi connectivity index (χ3n) is 11.3. The fourth-order valence-corrected chi connectivity index (χ4v) is 8.05. The molecule has 0 saturated heterocycles. The lowest BCUT2D eigenvalue weighted by Crippen LogP contribution is -2.33. The number of halogens is 2. The molecule has 0 aliphatic heterocycles. The molecule has 0 aliphatic carbocycles. The Bertz CT molecular complexity index is 2050. The van der Waals surface area contributed by atoms with Gasteiger partial charge < -0.3 is 63.0 Å². The molecular formula is C55H74Cl2N8O4. The normalized spacial score (nSPS) is 10.7. The van der Waals surface area contributed by atoms with Crippen molar-refractivity contribution in [2.45, 2.75) is 19.3 Å². The summed E-state index contributed by atoms with van der Waals surface area (Å²) >= 11 is 11.8. The molecule has 12 nitrogen and oxygen atoms in total. The van der Waals surface area contributed by atoms with Crippen LogP contribution in [0.3, 0.4) is 0 Å². The third kappa shape index (κ3) is 20.3. The monoisotopic (exact) mass is 981 g/mol. The van der Waals surface area contributed by atoms with Gasteiger partial charge in [0.25, 0.3) is 0 Å². The first-order valence-electron chi connectivity index (χ1n) is 23.7. The van der Waals surface area contributed by atoms with Crippen molar-refractivity contribution in [3.63, 3.8) is 0 Å². The predicted molar refractivity (Wildman–Crippen MR) is 291 cm³/mol. The highest BCUT2D eigenvalue weighted by Gasteiger charge is 2.09. The van der Waals surface area contributed by atoms with Crippen molar-refractivity contribution in [1.82, 2.24) is 0 Å². The molecule has 0 unspecified atom stereocenters. The Balaban J connectivity index is 0.000000228. The fraction of sp³-hybridized carbons (Fsp3) is 0.345. The SMILES string of the molecule is NCCN(CCN)c1ccc(Cc2ccc(Cl)cc2)cc1.NCCN(CCN)c1ccc(Cc2ccc(N(CCO)CCO)cc2)cc1.OCCN(CCO)c1ccc(Cc2ccc(Cl)cc2)cc1. The molecule has 14 heteroatoms. The average molecular weight is 982 g/mol. The van der Waals surface area contributed by atoms with Crippen LogP contribution in [0.25, 0.3) is 0 Å². The minimum Gasteiger partial charge on any atom is -0.395 e. The van der Waals surface area contributed by atoms with Crippen molar-refractivity contribution < 1.29 is 20.4 Å². The summed E-state index contributed by atoms with van der Waals surface area (Å²) in [6.07, 6.45) is 2.62. The lowest BCUT2D eigenvalue weighted by atomic mass is 10.0. The molecule has 0 saturated carbocycles. The van der Waals surface area contributed by atoms with Gasteiger partial charge >= 0.3 is 0 Å². The van der Waals surface area contributed by atoms with Gasteiger partial charge in [-0.1, -0.05) is 96.0 Å². The zero-order valence-corrected chi connectivity index (χ0v) is 41.4. The van der Waals surface area contributed by atoms with Gasteiger partial charge in [-0.15, -0.1) is 0 Å². The van der Waals surface area contributed by atoms with Crippen LogP contribution in [0.2, 0.25) is 10.0 Å². The molecule has 0 atom stereocenters. The highest BCUT2D eigenvalue weighted by Crippen LogP contribution is 2.22. The maximum Gasteiger partial charge on any atom is 0.0606 e. The highest BCUT2D eigenvalue weighted by atomic mass is 35.5. The van der Waals surface area contributed by atoms with E-state index in [4.69, 9.17) is 66.6 Å². The Morgan fingerprint density at radius 1 is 0.275 bits per heavy atom. The molecule has 69 heavy (non-hydrogen) atoms. The Morgan fingerprint density at radius 2 is 0.449 bits per heavy atom. The van der Waals surface area contributed by atoms with Crippen molar-refractivity contribution in [2.24, 2.45) is 22.9 Å². The molecule has 0 amide bonds. The topological polar surface area (TPSA) is 198 Å². The summed E-state index contributed by atoms with van der Waals surface area (Å²) in [4.78, 5) is 8.36. The Kier molecular flexibility index (Phi) is 26.6. The number of nitrogens with zero attached hydrogens (tertiary/aromatic N) is 4. The van der Waals surface area contributed by atoms with E-state index in [1.165, 1.54) is 39.1 Å². The first kappa shape index (κ1) is 56.4. The van der Waals surface area contributed by atoms with Crippen molar-refractivity contribution >= 4 is 46.0 Å². The van der Waals surface area contributed by atoms with Gasteiger partial charge in [-0.3, -0.25) is 0 Å². The van der Waals surface area contributed by atoms with E-state index in [0.717, 1.165) is 72.5 Å². The molecule has 0 fully saturated rings. The van der Waals surface area contributed by atoms with Crippen LogP contribution in [0.15, 0.2) is 146 Å². The molecule has 0 aromatic heterocycles. The molecule has 372 valence electrons. The fourth-order valence-electron chi connectivity index (χ4n) is 7.80. The number of nitrogens with two attached hydrogens (primary N) is 4. The molecule has 12 N–H and O–H groups in total. The number of benzene rings is 6. The van der Waals surface area contributed by atoms with Crippen LogP contribution in [0.4, 0.5) is 22.7 Å². The van der Waals surface area contributed by atoms with E-state index >= 15 is 0 Å². The van der Waals surface area contributed by atoms with Gasteiger partial charge in [0.15, 0.2) is 0 Å². The van der Waals surface area contributed by atoms with Crippen LogP contribution < -0.4 is 42.5 Å². The number of hydrogen-bond acceptors (Lipinski definition) is 12. The van der Waals surface area contributed by atoms with Gasteiger partial charge in [0.05, 0.1) is 26.4 Å². The molecule has 0 spiro atoms. The lowest BCUT2D eigenvalue weighted by Gasteiger charge is -2.24. The molecule has 0 heterocycles. The van der Waals surface area contributed by atoms with Gasteiger partial charge in [0, 0.05) is 111 Å². The Labute approximate surface area is 420 Å². The maximum absolute atomic E-state index is 9.16. The molecule has 6 rings (SSSR count). The number of aliphatic hydroxyl groups excluding tert-OH is 4. The summed E-state index contributed by atoms with van der Waals surface area (Å²) in [6, 6.07) is 49.4. The quantitative estimate of drug-likeness (QED) is 0.0308. The molecular weight excluding hydrogens is 908 g/mol. The summed E-state index contributed by atoms with van der Waals surface area (Å²) in [5.74, 6) is 0. The van der Waals surface area contributed by atoms with Gasteiger partial charge in [-0.25, -0.2) is 0 Å². The van der Waals surface area contributed by atoms with E-state index in [2.05, 4.69) is 94.7 Å². The minimum absolute atomic E-state index is 0.0689. The van der Waals surface area contributed by atoms with Crippen molar-refractivity contribution in [1.29, 1.82) is 0 Å². The molecule has 6 aromatic carbocycles. The van der Waals surface area contributed by atoms with Crippen LogP contribution in [0.5, 0.6) is 0 Å². The van der Waals surface area contributed by atoms with E-state index in [0.29, 0.717) is 52.4 Å². The average Bonchev–Trinajstić information content (AvgIpc) is 3.37. The summed E-state index contributed by atoms with van der Waals surface area (Å²) in [7, 11) is 0. The minimum atomic E-state index is 0.0689. The van der Waals surface area contributed by atoms with Crippen molar-refractivity contribution in [2.75, 3.05) is 125 Å². The number of hydrogen-bond donors (Lipinski definition) is 8. The second-order valence-corrected chi connectivity index (χ2v) is 17.3. The van der Waals surface area contributed by atoms with Crippen LogP contribution in [0.1, 0.15) is 33.4 Å². The lowest BCUT2D eigenvalue weighted by molar-refractivity contribution is 0.280. The van der Waals surface area contributed by atoms with E-state index < -0.39 is 0 Å². The molecule has 0 radical (unpaired) electrons. The zero-order chi connectivity index (χ0) is 49.6. The first-order valence-corrected chi connectivity index (χ1v) is 24.5. The third-order valence-corrected chi connectivity index (χ3v) is 11.8. The number of rotatable bonds is 26. The summed E-state index contributed by atoms with van der Waals surface area (Å²) < 4.78 is 0. The van der Waals surface area contributed by atoms with Gasteiger partial charge in [0.1, 0.15) is 0 Å². The van der Waals surface area contributed by atoms with Crippen LogP contribution >= 0.6 is 23.2 Å². The summed E-state index contributed by atoms with van der Waals surface area (Å²) in [5, 5.41) is 38.0. The summed E-state index contributed by atoms with van der Waals surface area (Å²) in [5.41, 5.74) is 34.4. The van der Waals surface area contributed by atoms with Crippen LogP contribution in [0, 0.1) is 0 Å². The Morgan fingerprint density at radius 3 is 0.623 bits per heavy atom. The van der Waals surface area contributed by atoms with Crippen LogP contribution in [-0.4, -0.2) is 125 Å². The number of anilines is 4. The molecule has 6 aromatic rings. The van der Waals surface area contributed by atoms with Crippen molar-refractivity contribution in [3.8, 4) is 0 Å². The van der Waals surface area contributed by atoms with Crippen molar-refractivity contribution in [3.05, 3.63) is 189 Å². The first-order chi connectivity index (χ1) is 33.7.